The molecule has 2 aromatic heterocycles. The van der Waals surface area contributed by atoms with Crippen molar-refractivity contribution < 1.29 is 27.9 Å². The Labute approximate surface area is 340 Å². The zero-order valence-corrected chi connectivity index (χ0v) is 34.0. The van der Waals surface area contributed by atoms with E-state index in [2.05, 4.69) is 48.3 Å². The summed E-state index contributed by atoms with van der Waals surface area (Å²) >= 11 is 0. The van der Waals surface area contributed by atoms with Gasteiger partial charge in [0, 0.05) is 24.0 Å². The van der Waals surface area contributed by atoms with E-state index in [0.717, 1.165) is 58.0 Å². The van der Waals surface area contributed by atoms with E-state index in [9.17, 15) is 9.59 Å². The number of rotatable bonds is 8. The van der Waals surface area contributed by atoms with Crippen LogP contribution in [0.5, 0.6) is 0 Å². The van der Waals surface area contributed by atoms with Gasteiger partial charge in [0.1, 0.15) is 35.1 Å². The maximum absolute atomic E-state index is 12.6. The smallest absolute Gasteiger partial charge is 0.408 e. The van der Waals surface area contributed by atoms with E-state index in [0.29, 0.717) is 24.6 Å². The maximum Gasteiger partial charge on any atom is 0.408 e. The predicted molar refractivity (Wildman–Crippen MR) is 223 cm³/mol. The highest BCUT2D eigenvalue weighted by Crippen LogP contribution is 2.45. The molecule has 0 saturated carbocycles. The second-order valence-electron chi connectivity index (χ2n) is 16.8. The summed E-state index contributed by atoms with van der Waals surface area (Å²) in [5, 5.41) is 5.84. The molecule has 2 aliphatic rings. The molecule has 0 spiro atoms. The fraction of sp³-hybridized carbons (Fsp3) is 0.333. The van der Waals surface area contributed by atoms with Crippen LogP contribution in [0.4, 0.5) is 9.59 Å². The van der Waals surface area contributed by atoms with E-state index in [1.165, 1.54) is 0 Å². The van der Waals surface area contributed by atoms with Gasteiger partial charge in [-0.15, -0.1) is 0 Å². The van der Waals surface area contributed by atoms with Gasteiger partial charge in [0.15, 0.2) is 0 Å². The van der Waals surface area contributed by atoms with Crippen LogP contribution in [0.15, 0.2) is 130 Å². The topological polar surface area (TPSA) is 129 Å². The van der Waals surface area contributed by atoms with Crippen molar-refractivity contribution in [1.82, 2.24) is 20.6 Å². The SMILES string of the molecule is C[C@H](NC(=O)O[C@H]1CC(C)(C)Cc2oc(-c3ccccc3)nc21)c1ccccc1.C[C@H](NC(=O)O[C@H]1CC(C)(C)Cc2oc(-c3ccccc3)nc21)c1ccccc1. The minimum absolute atomic E-state index is 0.0452. The van der Waals surface area contributed by atoms with Crippen molar-refractivity contribution in [3.05, 3.63) is 155 Å². The Kier molecular flexibility index (Phi) is 11.8. The highest BCUT2D eigenvalue weighted by molar-refractivity contribution is 5.69. The number of carbonyl (C=O) groups excluding carboxylic acids is 2. The van der Waals surface area contributed by atoms with Gasteiger partial charge in [-0.3, -0.25) is 0 Å². The molecule has 4 atom stereocenters. The predicted octanol–water partition coefficient (Wildman–Crippen LogP) is 11.7. The molecular formula is C48H52N4O6. The number of nitrogens with one attached hydrogen (secondary N) is 2. The van der Waals surface area contributed by atoms with Crippen LogP contribution in [-0.2, 0) is 22.3 Å². The summed E-state index contributed by atoms with van der Waals surface area (Å²) in [6.45, 7) is 12.5. The Morgan fingerprint density at radius 3 is 1.24 bits per heavy atom. The Balaban J connectivity index is 0.000000177. The second-order valence-corrected chi connectivity index (χ2v) is 16.8. The number of alkyl carbamates (subject to hydrolysis) is 2. The third-order valence-electron chi connectivity index (χ3n) is 10.6. The molecule has 6 aromatic rings. The molecule has 0 unspecified atom stereocenters. The summed E-state index contributed by atoms with van der Waals surface area (Å²) in [6.07, 6.45) is 1.19. The molecule has 0 saturated heterocycles. The molecule has 2 aliphatic carbocycles. The van der Waals surface area contributed by atoms with Gasteiger partial charge >= 0.3 is 12.2 Å². The van der Waals surface area contributed by atoms with Crippen molar-refractivity contribution in [3.8, 4) is 22.9 Å². The van der Waals surface area contributed by atoms with Crippen LogP contribution in [0.2, 0.25) is 0 Å². The van der Waals surface area contributed by atoms with Gasteiger partial charge < -0.3 is 28.9 Å². The van der Waals surface area contributed by atoms with Crippen LogP contribution in [0.25, 0.3) is 22.9 Å². The Morgan fingerprint density at radius 2 is 0.897 bits per heavy atom. The van der Waals surface area contributed by atoms with Crippen molar-refractivity contribution >= 4 is 12.2 Å². The molecule has 300 valence electrons. The number of fused-ring (bicyclic) bond motifs is 2. The molecule has 2 heterocycles. The summed E-state index contributed by atoms with van der Waals surface area (Å²) < 4.78 is 23.8. The first-order valence-corrected chi connectivity index (χ1v) is 20.0. The largest absolute Gasteiger partial charge is 0.441 e. The standard InChI is InChI=1S/2C24H26N2O3/c2*1-16(17-10-6-4-7-11-17)25-23(27)29-20-15-24(2,3)14-19-21(20)26-22(28-19)18-12-8-5-9-13-18/h2*4-13,16,20H,14-15H2,1-3H3,(H,25,27)/t2*16-,20-/m00/s1. The first kappa shape index (κ1) is 40.1. The zero-order chi connectivity index (χ0) is 40.9. The van der Waals surface area contributed by atoms with E-state index in [1.54, 1.807) is 0 Å². The molecule has 8 rings (SSSR count). The van der Waals surface area contributed by atoms with Crippen molar-refractivity contribution in [3.63, 3.8) is 0 Å². The fourth-order valence-electron chi connectivity index (χ4n) is 7.63. The third-order valence-corrected chi connectivity index (χ3v) is 10.6. The van der Waals surface area contributed by atoms with Crippen molar-refractivity contribution in [2.45, 2.75) is 91.5 Å². The molecule has 58 heavy (non-hydrogen) atoms. The first-order valence-electron chi connectivity index (χ1n) is 20.0. The molecule has 10 heteroatoms. The molecule has 2 N–H and O–H groups in total. The number of amides is 2. The van der Waals surface area contributed by atoms with Crippen molar-refractivity contribution in [2.24, 2.45) is 10.8 Å². The molecule has 0 bridgehead atoms. The van der Waals surface area contributed by atoms with Gasteiger partial charge in [-0.2, -0.15) is 0 Å². The van der Waals surface area contributed by atoms with Gasteiger partial charge in [0.25, 0.3) is 0 Å². The van der Waals surface area contributed by atoms with Gasteiger partial charge in [0.2, 0.25) is 11.8 Å². The lowest BCUT2D eigenvalue weighted by Gasteiger charge is -2.33. The fourth-order valence-corrected chi connectivity index (χ4v) is 7.63. The summed E-state index contributed by atoms with van der Waals surface area (Å²) in [4.78, 5) is 34.6. The average Bonchev–Trinajstić information content (AvgIpc) is 3.83. The summed E-state index contributed by atoms with van der Waals surface area (Å²) in [7, 11) is 0. The van der Waals surface area contributed by atoms with Crippen LogP contribution in [0.1, 0.15) is 113 Å². The van der Waals surface area contributed by atoms with E-state index < -0.39 is 24.4 Å². The number of oxazole rings is 2. The third kappa shape index (κ3) is 9.85. The highest BCUT2D eigenvalue weighted by Gasteiger charge is 2.40. The lowest BCUT2D eigenvalue weighted by atomic mass is 9.77. The number of ether oxygens (including phenoxy) is 2. The van der Waals surface area contributed by atoms with E-state index in [-0.39, 0.29) is 22.9 Å². The van der Waals surface area contributed by atoms with Crippen molar-refractivity contribution in [1.29, 1.82) is 0 Å². The van der Waals surface area contributed by atoms with Gasteiger partial charge in [-0.25, -0.2) is 19.6 Å². The molecule has 0 aliphatic heterocycles. The van der Waals surface area contributed by atoms with Crippen LogP contribution < -0.4 is 10.6 Å². The number of hydrogen-bond donors (Lipinski definition) is 2. The number of aromatic nitrogens is 2. The lowest BCUT2D eigenvalue weighted by Crippen LogP contribution is -2.33. The number of carbonyl (C=O) groups is 2. The Bertz CT molecular complexity index is 2120. The minimum Gasteiger partial charge on any atom is -0.441 e. The number of hydrogen-bond acceptors (Lipinski definition) is 8. The maximum atomic E-state index is 12.6. The quantitative estimate of drug-likeness (QED) is 0.156. The normalized spacial score (nSPS) is 18.5. The molecular weight excluding hydrogens is 729 g/mol. The van der Waals surface area contributed by atoms with E-state index >= 15 is 0 Å². The molecule has 0 fully saturated rings. The monoisotopic (exact) mass is 780 g/mol. The Morgan fingerprint density at radius 1 is 0.569 bits per heavy atom. The molecule has 0 radical (unpaired) electrons. The number of benzene rings is 4. The second kappa shape index (κ2) is 17.1. The van der Waals surface area contributed by atoms with Crippen LogP contribution >= 0.6 is 0 Å². The van der Waals surface area contributed by atoms with Crippen LogP contribution in [0.3, 0.4) is 0 Å². The summed E-state index contributed by atoms with van der Waals surface area (Å²) in [6, 6.07) is 39.0. The molecule has 10 nitrogen and oxygen atoms in total. The zero-order valence-electron chi connectivity index (χ0n) is 34.0. The summed E-state index contributed by atoms with van der Waals surface area (Å²) in [5.41, 5.74) is 5.26. The van der Waals surface area contributed by atoms with E-state index in [1.807, 2.05) is 135 Å². The Hall–Kier alpha value is -6.16. The van der Waals surface area contributed by atoms with Gasteiger partial charge in [-0.05, 0) is 72.9 Å². The lowest BCUT2D eigenvalue weighted by molar-refractivity contribution is 0.0512. The van der Waals surface area contributed by atoms with Crippen LogP contribution in [0, 0.1) is 10.8 Å². The summed E-state index contributed by atoms with van der Waals surface area (Å²) in [5.74, 6) is 2.74. The number of nitrogens with zero attached hydrogens (tertiary/aromatic N) is 2. The molecule has 2 amide bonds. The van der Waals surface area contributed by atoms with Crippen LogP contribution in [-0.4, -0.2) is 22.2 Å². The average molecular weight is 781 g/mol. The highest BCUT2D eigenvalue weighted by atomic mass is 16.6. The van der Waals surface area contributed by atoms with Gasteiger partial charge in [-0.1, -0.05) is 125 Å². The molecule has 4 aromatic carbocycles. The minimum atomic E-state index is -0.445. The van der Waals surface area contributed by atoms with Crippen molar-refractivity contribution in [2.75, 3.05) is 0 Å². The first-order chi connectivity index (χ1) is 27.8. The van der Waals surface area contributed by atoms with E-state index in [4.69, 9.17) is 18.3 Å². The van der Waals surface area contributed by atoms with Gasteiger partial charge in [0.05, 0.1) is 12.1 Å².